The van der Waals surface area contributed by atoms with Crippen LogP contribution >= 0.6 is 27.3 Å². The minimum atomic E-state index is -1.16. The van der Waals surface area contributed by atoms with Crippen LogP contribution in [-0.4, -0.2) is 31.1 Å². The van der Waals surface area contributed by atoms with Crippen LogP contribution in [0.5, 0.6) is 0 Å². The molecule has 3 N–H and O–H groups in total. The summed E-state index contributed by atoms with van der Waals surface area (Å²) in [7, 11) is 1.76. The molecule has 1 aromatic carbocycles. The SMILES string of the molecule is Cn1nccc1C(O)c1cc(Br)c2nc(NC(=O)O)sc2c1. The summed E-state index contributed by atoms with van der Waals surface area (Å²) in [5, 5.41) is 25.8. The number of aromatic nitrogens is 3. The predicted octanol–water partition coefficient (Wildman–Crippen LogP) is 2.96. The highest BCUT2D eigenvalue weighted by Crippen LogP contribution is 2.35. The lowest BCUT2D eigenvalue weighted by molar-refractivity contribution is 0.209. The first-order valence-electron chi connectivity index (χ1n) is 6.21. The molecule has 0 radical (unpaired) electrons. The number of nitrogens with one attached hydrogen (secondary N) is 1. The van der Waals surface area contributed by atoms with Crippen molar-refractivity contribution < 1.29 is 15.0 Å². The molecule has 2 heterocycles. The zero-order chi connectivity index (χ0) is 15.9. The predicted molar refractivity (Wildman–Crippen MR) is 86.2 cm³/mol. The fraction of sp³-hybridized carbons (Fsp3) is 0.154. The maximum Gasteiger partial charge on any atom is 0.410 e. The zero-order valence-electron chi connectivity index (χ0n) is 11.3. The summed E-state index contributed by atoms with van der Waals surface area (Å²) < 4.78 is 3.07. The van der Waals surface area contributed by atoms with Gasteiger partial charge in [-0.2, -0.15) is 5.10 Å². The number of aryl methyl sites for hydroxylation is 1. The molecule has 1 amide bonds. The van der Waals surface area contributed by atoms with Gasteiger partial charge in [0.1, 0.15) is 6.10 Å². The number of aliphatic hydroxyl groups excluding tert-OH is 1. The topological polar surface area (TPSA) is 100 Å². The number of hydrogen-bond donors (Lipinski definition) is 3. The Morgan fingerprint density at radius 3 is 2.91 bits per heavy atom. The highest BCUT2D eigenvalue weighted by Gasteiger charge is 2.18. The Balaban J connectivity index is 2.04. The molecular weight excluding hydrogens is 372 g/mol. The number of halogens is 1. The summed E-state index contributed by atoms with van der Waals surface area (Å²) >= 11 is 4.62. The third-order valence-corrected chi connectivity index (χ3v) is 4.66. The van der Waals surface area contributed by atoms with Crippen LogP contribution < -0.4 is 5.32 Å². The number of hydrogen-bond acceptors (Lipinski definition) is 5. The van der Waals surface area contributed by atoms with Crippen LogP contribution in [0.2, 0.25) is 0 Å². The molecule has 0 saturated carbocycles. The van der Waals surface area contributed by atoms with Crippen molar-refractivity contribution in [1.29, 1.82) is 0 Å². The zero-order valence-corrected chi connectivity index (χ0v) is 13.7. The summed E-state index contributed by atoms with van der Waals surface area (Å²) in [5.41, 5.74) is 1.99. The van der Waals surface area contributed by atoms with E-state index in [1.54, 1.807) is 36.1 Å². The van der Waals surface area contributed by atoms with Crippen molar-refractivity contribution >= 4 is 48.7 Å². The molecule has 9 heteroatoms. The average Bonchev–Trinajstić information content (AvgIpc) is 3.03. The van der Waals surface area contributed by atoms with Crippen molar-refractivity contribution in [2.75, 3.05) is 5.32 Å². The van der Waals surface area contributed by atoms with Gasteiger partial charge in [0, 0.05) is 17.7 Å². The molecule has 0 spiro atoms. The number of thiazole rings is 1. The number of carboxylic acid groups (broad SMARTS) is 1. The van der Waals surface area contributed by atoms with E-state index in [1.807, 2.05) is 0 Å². The summed E-state index contributed by atoms with van der Waals surface area (Å²) in [6.07, 6.45) is -0.371. The lowest BCUT2D eigenvalue weighted by Gasteiger charge is -2.12. The molecule has 0 aliphatic rings. The second-order valence-electron chi connectivity index (χ2n) is 4.58. The fourth-order valence-electron chi connectivity index (χ4n) is 2.13. The van der Waals surface area contributed by atoms with Gasteiger partial charge in [0.25, 0.3) is 0 Å². The average molecular weight is 383 g/mol. The number of carbonyl (C=O) groups is 1. The maximum atomic E-state index is 10.7. The second kappa shape index (κ2) is 5.67. The van der Waals surface area contributed by atoms with Gasteiger partial charge >= 0.3 is 6.09 Å². The first-order valence-corrected chi connectivity index (χ1v) is 7.82. The van der Waals surface area contributed by atoms with Gasteiger partial charge < -0.3 is 10.2 Å². The van der Waals surface area contributed by atoms with Gasteiger partial charge in [-0.1, -0.05) is 11.3 Å². The Morgan fingerprint density at radius 1 is 1.50 bits per heavy atom. The molecule has 7 nitrogen and oxygen atoms in total. The van der Waals surface area contributed by atoms with Crippen LogP contribution in [0.15, 0.2) is 28.9 Å². The van der Waals surface area contributed by atoms with Gasteiger partial charge in [-0.3, -0.25) is 10.00 Å². The van der Waals surface area contributed by atoms with Gasteiger partial charge in [-0.25, -0.2) is 9.78 Å². The molecule has 22 heavy (non-hydrogen) atoms. The molecule has 0 saturated heterocycles. The third-order valence-electron chi connectivity index (χ3n) is 3.14. The standard InChI is InChI=1S/C13H11BrN4O3S/c1-18-8(2-3-15-18)11(19)6-4-7(14)10-9(5-6)22-12(16-10)17-13(20)21/h2-5,11,19H,1H3,(H,16,17)(H,20,21). The van der Waals surface area contributed by atoms with Gasteiger partial charge in [0.2, 0.25) is 0 Å². The van der Waals surface area contributed by atoms with E-state index < -0.39 is 12.2 Å². The lowest BCUT2D eigenvalue weighted by Crippen LogP contribution is -2.06. The number of benzene rings is 1. The third kappa shape index (κ3) is 2.70. The van der Waals surface area contributed by atoms with E-state index in [0.717, 1.165) is 4.70 Å². The first-order chi connectivity index (χ1) is 10.5. The molecule has 0 fully saturated rings. The molecule has 1 unspecified atom stereocenters. The van der Waals surface area contributed by atoms with Crippen LogP contribution in [0.25, 0.3) is 10.2 Å². The Labute approximate surface area is 137 Å². The Kier molecular flexibility index (Phi) is 3.85. The molecule has 0 aliphatic heterocycles. The Morgan fingerprint density at radius 2 is 2.27 bits per heavy atom. The smallest absolute Gasteiger partial charge is 0.410 e. The van der Waals surface area contributed by atoms with Crippen molar-refractivity contribution in [3.05, 3.63) is 40.1 Å². The summed E-state index contributed by atoms with van der Waals surface area (Å²) in [5.74, 6) is 0. The van der Waals surface area contributed by atoms with Gasteiger partial charge in [-0.15, -0.1) is 0 Å². The highest BCUT2D eigenvalue weighted by atomic mass is 79.9. The van der Waals surface area contributed by atoms with E-state index in [4.69, 9.17) is 5.11 Å². The Bertz CT molecular complexity index is 860. The summed E-state index contributed by atoms with van der Waals surface area (Å²) in [6.45, 7) is 0. The number of aliphatic hydroxyl groups is 1. The van der Waals surface area contributed by atoms with E-state index in [0.29, 0.717) is 21.2 Å². The van der Waals surface area contributed by atoms with E-state index in [-0.39, 0.29) is 5.13 Å². The summed E-state index contributed by atoms with van der Waals surface area (Å²) in [4.78, 5) is 14.9. The van der Waals surface area contributed by atoms with E-state index >= 15 is 0 Å². The largest absolute Gasteiger partial charge is 0.465 e. The molecule has 0 aliphatic carbocycles. The monoisotopic (exact) mass is 382 g/mol. The number of fused-ring (bicyclic) bond motifs is 1. The van der Waals surface area contributed by atoms with Crippen molar-refractivity contribution in [1.82, 2.24) is 14.8 Å². The molecule has 1 atom stereocenters. The Hall–Kier alpha value is -1.97. The molecule has 0 bridgehead atoms. The molecule has 3 rings (SSSR count). The number of amides is 1. The normalized spacial score (nSPS) is 12.5. The molecule has 114 valence electrons. The van der Waals surface area contributed by atoms with Gasteiger partial charge in [-0.05, 0) is 39.7 Å². The number of rotatable bonds is 3. The fourth-order valence-corrected chi connectivity index (χ4v) is 3.76. The van der Waals surface area contributed by atoms with Crippen molar-refractivity contribution in [2.24, 2.45) is 7.05 Å². The van der Waals surface area contributed by atoms with E-state index in [2.05, 4.69) is 31.3 Å². The van der Waals surface area contributed by atoms with Crippen LogP contribution in [-0.2, 0) is 7.05 Å². The van der Waals surface area contributed by atoms with Crippen molar-refractivity contribution in [3.8, 4) is 0 Å². The lowest BCUT2D eigenvalue weighted by atomic mass is 10.1. The summed E-state index contributed by atoms with van der Waals surface area (Å²) in [6, 6.07) is 5.31. The maximum absolute atomic E-state index is 10.7. The van der Waals surface area contributed by atoms with Gasteiger partial charge in [0.15, 0.2) is 5.13 Å². The van der Waals surface area contributed by atoms with E-state index in [1.165, 1.54) is 11.3 Å². The molecule has 2 aromatic heterocycles. The highest BCUT2D eigenvalue weighted by molar-refractivity contribution is 9.10. The van der Waals surface area contributed by atoms with Crippen LogP contribution in [0, 0.1) is 0 Å². The number of nitrogens with zero attached hydrogens (tertiary/aromatic N) is 3. The van der Waals surface area contributed by atoms with Crippen molar-refractivity contribution in [2.45, 2.75) is 6.10 Å². The molecular formula is C13H11BrN4O3S. The molecule has 3 aromatic rings. The van der Waals surface area contributed by atoms with Crippen LogP contribution in [0.1, 0.15) is 17.4 Å². The quantitative estimate of drug-likeness (QED) is 0.646. The minimum absolute atomic E-state index is 0.287. The number of anilines is 1. The van der Waals surface area contributed by atoms with E-state index in [9.17, 15) is 9.90 Å². The van der Waals surface area contributed by atoms with Crippen molar-refractivity contribution in [3.63, 3.8) is 0 Å². The van der Waals surface area contributed by atoms with Crippen LogP contribution in [0.3, 0.4) is 0 Å². The van der Waals surface area contributed by atoms with Gasteiger partial charge in [0.05, 0.1) is 15.9 Å². The van der Waals surface area contributed by atoms with Crippen LogP contribution in [0.4, 0.5) is 9.93 Å². The second-order valence-corrected chi connectivity index (χ2v) is 6.47. The first kappa shape index (κ1) is 14.9. The minimum Gasteiger partial charge on any atom is -0.465 e.